The van der Waals surface area contributed by atoms with E-state index in [1.54, 1.807) is 0 Å². The van der Waals surface area contributed by atoms with E-state index in [1.807, 2.05) is 0 Å². The molecular formula is C16H31NO2. The van der Waals surface area contributed by atoms with Crippen molar-refractivity contribution >= 4 is 0 Å². The van der Waals surface area contributed by atoms with Crippen LogP contribution in [0.2, 0.25) is 0 Å². The first-order valence-corrected chi connectivity index (χ1v) is 8.13. The standard InChI is InChI=1S/C16H31NO2/c1-12-6-4-9-16(12)19-11-15(18)10-17-13(2)7-5-8-14(17)3/h12-16,18H,4-11H2,1-3H3/t12-,13-,14+,15-,16-/m1/s1. The summed E-state index contributed by atoms with van der Waals surface area (Å²) < 4.78 is 5.91. The zero-order valence-corrected chi connectivity index (χ0v) is 12.8. The van der Waals surface area contributed by atoms with Gasteiger partial charge in [0.2, 0.25) is 0 Å². The number of likely N-dealkylation sites (tertiary alicyclic amines) is 1. The fourth-order valence-corrected chi connectivity index (χ4v) is 3.72. The van der Waals surface area contributed by atoms with E-state index in [1.165, 1.54) is 38.5 Å². The first kappa shape index (κ1) is 15.3. The lowest BCUT2D eigenvalue weighted by Gasteiger charge is -2.40. The van der Waals surface area contributed by atoms with Gasteiger partial charge in [0.1, 0.15) is 0 Å². The molecule has 0 aromatic rings. The van der Waals surface area contributed by atoms with Gasteiger partial charge in [0.05, 0.1) is 18.8 Å². The summed E-state index contributed by atoms with van der Waals surface area (Å²) in [7, 11) is 0. The number of β-amino-alcohol motifs (C(OH)–C–C–N with tert-alkyl or cyclic N) is 1. The van der Waals surface area contributed by atoms with Gasteiger partial charge in [-0.25, -0.2) is 0 Å². The lowest BCUT2D eigenvalue weighted by molar-refractivity contribution is -0.0439. The molecule has 1 saturated carbocycles. The predicted molar refractivity (Wildman–Crippen MR) is 78.2 cm³/mol. The second kappa shape index (κ2) is 7.05. The smallest absolute Gasteiger partial charge is 0.0900 e. The molecule has 0 unspecified atom stereocenters. The van der Waals surface area contributed by atoms with Crippen LogP contribution in [-0.2, 0) is 4.74 Å². The van der Waals surface area contributed by atoms with Gasteiger partial charge in [-0.05, 0) is 45.4 Å². The monoisotopic (exact) mass is 269 g/mol. The van der Waals surface area contributed by atoms with Crippen molar-refractivity contribution in [1.29, 1.82) is 0 Å². The molecule has 2 rings (SSSR count). The lowest BCUT2D eigenvalue weighted by atomic mass is 9.97. The Morgan fingerprint density at radius 1 is 1.05 bits per heavy atom. The van der Waals surface area contributed by atoms with Crippen LogP contribution in [0.15, 0.2) is 0 Å². The van der Waals surface area contributed by atoms with Crippen molar-refractivity contribution in [3.05, 3.63) is 0 Å². The maximum absolute atomic E-state index is 10.2. The highest BCUT2D eigenvalue weighted by atomic mass is 16.5. The number of rotatable bonds is 5. The van der Waals surface area contributed by atoms with Gasteiger partial charge in [0.15, 0.2) is 0 Å². The van der Waals surface area contributed by atoms with Crippen molar-refractivity contribution in [1.82, 2.24) is 4.90 Å². The maximum Gasteiger partial charge on any atom is 0.0900 e. The molecule has 0 amide bonds. The number of aliphatic hydroxyl groups excluding tert-OH is 1. The number of hydrogen-bond acceptors (Lipinski definition) is 3. The third-order valence-corrected chi connectivity index (χ3v) is 5.08. The van der Waals surface area contributed by atoms with E-state index >= 15 is 0 Å². The minimum absolute atomic E-state index is 0.337. The number of aliphatic hydroxyl groups is 1. The summed E-state index contributed by atoms with van der Waals surface area (Å²) in [4.78, 5) is 2.45. The molecule has 2 fully saturated rings. The van der Waals surface area contributed by atoms with Crippen molar-refractivity contribution in [3.8, 4) is 0 Å². The van der Waals surface area contributed by atoms with Crippen LogP contribution >= 0.6 is 0 Å². The van der Waals surface area contributed by atoms with Crippen LogP contribution in [0.1, 0.15) is 59.3 Å². The Bertz CT molecular complexity index is 261. The number of piperidine rings is 1. The van der Waals surface area contributed by atoms with E-state index in [-0.39, 0.29) is 6.10 Å². The average Bonchev–Trinajstić information content (AvgIpc) is 2.77. The second-order valence-corrected chi connectivity index (χ2v) is 6.76. The number of nitrogens with zero attached hydrogens (tertiary/aromatic N) is 1. The molecule has 0 spiro atoms. The summed E-state index contributed by atoms with van der Waals surface area (Å²) in [6.07, 6.45) is 7.62. The molecule has 19 heavy (non-hydrogen) atoms. The van der Waals surface area contributed by atoms with Gasteiger partial charge in [-0.2, -0.15) is 0 Å². The minimum Gasteiger partial charge on any atom is -0.389 e. The molecule has 1 aliphatic carbocycles. The fraction of sp³-hybridized carbons (Fsp3) is 1.00. The van der Waals surface area contributed by atoms with E-state index in [4.69, 9.17) is 4.74 Å². The largest absolute Gasteiger partial charge is 0.389 e. The highest BCUT2D eigenvalue weighted by Crippen LogP contribution is 2.28. The number of hydrogen-bond donors (Lipinski definition) is 1. The second-order valence-electron chi connectivity index (χ2n) is 6.76. The maximum atomic E-state index is 10.2. The molecular weight excluding hydrogens is 238 g/mol. The first-order chi connectivity index (χ1) is 9.08. The van der Waals surface area contributed by atoms with Crippen molar-refractivity contribution < 1.29 is 9.84 Å². The Labute approximate surface area is 118 Å². The van der Waals surface area contributed by atoms with E-state index in [0.29, 0.717) is 30.7 Å². The molecule has 3 nitrogen and oxygen atoms in total. The summed E-state index contributed by atoms with van der Waals surface area (Å²) in [5.41, 5.74) is 0. The zero-order valence-electron chi connectivity index (χ0n) is 12.8. The highest BCUT2D eigenvalue weighted by Gasteiger charge is 2.28. The molecule has 0 radical (unpaired) electrons. The van der Waals surface area contributed by atoms with Gasteiger partial charge in [-0.1, -0.05) is 19.8 Å². The Kier molecular flexibility index (Phi) is 5.67. The number of ether oxygens (including phenoxy) is 1. The van der Waals surface area contributed by atoms with Crippen molar-refractivity contribution in [2.45, 2.75) is 83.6 Å². The van der Waals surface area contributed by atoms with Crippen LogP contribution in [0, 0.1) is 5.92 Å². The average molecular weight is 269 g/mol. The molecule has 1 N–H and O–H groups in total. The van der Waals surface area contributed by atoms with Gasteiger partial charge in [0, 0.05) is 18.6 Å². The molecule has 5 atom stereocenters. The third-order valence-electron chi connectivity index (χ3n) is 5.08. The highest BCUT2D eigenvalue weighted by molar-refractivity contribution is 4.82. The fourth-order valence-electron chi connectivity index (χ4n) is 3.72. The zero-order chi connectivity index (χ0) is 13.8. The van der Waals surface area contributed by atoms with Gasteiger partial charge >= 0.3 is 0 Å². The van der Waals surface area contributed by atoms with Gasteiger partial charge in [0.25, 0.3) is 0 Å². The van der Waals surface area contributed by atoms with Crippen molar-refractivity contribution in [2.24, 2.45) is 5.92 Å². The van der Waals surface area contributed by atoms with Crippen LogP contribution in [0.5, 0.6) is 0 Å². The van der Waals surface area contributed by atoms with Crippen molar-refractivity contribution in [3.63, 3.8) is 0 Å². The molecule has 1 saturated heterocycles. The van der Waals surface area contributed by atoms with Crippen LogP contribution in [0.3, 0.4) is 0 Å². The quantitative estimate of drug-likeness (QED) is 0.833. The van der Waals surface area contributed by atoms with E-state index in [2.05, 4.69) is 25.7 Å². The topological polar surface area (TPSA) is 32.7 Å². The molecule has 0 aromatic heterocycles. The summed E-state index contributed by atoms with van der Waals surface area (Å²) in [6, 6.07) is 1.20. The third kappa shape index (κ3) is 4.17. The molecule has 112 valence electrons. The lowest BCUT2D eigenvalue weighted by Crippen LogP contribution is -2.48. The Morgan fingerprint density at radius 3 is 2.26 bits per heavy atom. The summed E-state index contributed by atoms with van der Waals surface area (Å²) >= 11 is 0. The molecule has 0 bridgehead atoms. The Morgan fingerprint density at radius 2 is 1.68 bits per heavy atom. The van der Waals surface area contributed by atoms with E-state index in [0.717, 1.165) is 6.54 Å². The molecule has 1 aliphatic heterocycles. The first-order valence-electron chi connectivity index (χ1n) is 8.13. The van der Waals surface area contributed by atoms with Gasteiger partial charge in [-0.3, -0.25) is 4.90 Å². The van der Waals surface area contributed by atoms with Crippen LogP contribution in [-0.4, -0.2) is 47.4 Å². The summed E-state index contributed by atoms with van der Waals surface area (Å²) in [5, 5.41) is 10.2. The summed E-state index contributed by atoms with van der Waals surface area (Å²) in [5.74, 6) is 0.667. The Hall–Kier alpha value is -0.120. The molecule has 0 aromatic carbocycles. The van der Waals surface area contributed by atoms with E-state index in [9.17, 15) is 5.11 Å². The van der Waals surface area contributed by atoms with Crippen molar-refractivity contribution in [2.75, 3.05) is 13.2 Å². The van der Waals surface area contributed by atoms with Crippen LogP contribution < -0.4 is 0 Å². The van der Waals surface area contributed by atoms with Crippen LogP contribution in [0.4, 0.5) is 0 Å². The molecule has 3 heteroatoms. The molecule has 2 aliphatic rings. The predicted octanol–water partition coefficient (Wildman–Crippen LogP) is 2.82. The summed E-state index contributed by atoms with van der Waals surface area (Å²) in [6.45, 7) is 8.10. The normalized spacial score (nSPS) is 38.5. The van der Waals surface area contributed by atoms with Gasteiger partial charge in [-0.15, -0.1) is 0 Å². The van der Waals surface area contributed by atoms with E-state index < -0.39 is 0 Å². The van der Waals surface area contributed by atoms with Crippen LogP contribution in [0.25, 0.3) is 0 Å². The Balaban J connectivity index is 1.72. The molecule has 1 heterocycles. The minimum atomic E-state index is -0.337. The SMILES string of the molecule is C[C@@H]1CCC[C@H]1OC[C@H](O)CN1[C@H](C)CCC[C@@H]1C. The van der Waals surface area contributed by atoms with Gasteiger partial charge < -0.3 is 9.84 Å².